The molecule has 1 aliphatic carbocycles. The first-order valence-corrected chi connectivity index (χ1v) is 8.25. The highest BCUT2D eigenvalue weighted by molar-refractivity contribution is 14.1. The molecule has 2 unspecified atom stereocenters. The quantitative estimate of drug-likeness (QED) is 0.755. The van der Waals surface area contributed by atoms with Gasteiger partial charge in [-0.1, -0.05) is 31.4 Å². The van der Waals surface area contributed by atoms with Crippen LogP contribution in [-0.4, -0.2) is 12.5 Å². The summed E-state index contributed by atoms with van der Waals surface area (Å²) >= 11 is 8.20. The Labute approximate surface area is 133 Å². The van der Waals surface area contributed by atoms with E-state index in [-0.39, 0.29) is 5.91 Å². The minimum atomic E-state index is -0.0171. The molecular formula is C15H19ClINO. The second-order valence-electron chi connectivity index (χ2n) is 5.48. The van der Waals surface area contributed by atoms with E-state index in [1.807, 2.05) is 12.1 Å². The van der Waals surface area contributed by atoms with Gasteiger partial charge in [-0.2, -0.15) is 0 Å². The predicted molar refractivity (Wildman–Crippen MR) is 87.6 cm³/mol. The van der Waals surface area contributed by atoms with Gasteiger partial charge >= 0.3 is 0 Å². The Morgan fingerprint density at radius 1 is 1.47 bits per heavy atom. The molecule has 1 aliphatic rings. The molecule has 1 saturated carbocycles. The second-order valence-corrected chi connectivity index (χ2v) is 7.05. The highest BCUT2D eigenvalue weighted by Gasteiger charge is 2.19. The van der Waals surface area contributed by atoms with Crippen molar-refractivity contribution in [1.82, 2.24) is 5.32 Å². The van der Waals surface area contributed by atoms with Gasteiger partial charge in [0.1, 0.15) is 0 Å². The number of hydrogen-bond acceptors (Lipinski definition) is 1. The van der Waals surface area contributed by atoms with Crippen molar-refractivity contribution >= 4 is 40.1 Å². The summed E-state index contributed by atoms with van der Waals surface area (Å²) in [5.41, 5.74) is 0.647. The zero-order valence-corrected chi connectivity index (χ0v) is 14.0. The topological polar surface area (TPSA) is 29.1 Å². The van der Waals surface area contributed by atoms with E-state index in [1.54, 1.807) is 6.07 Å². The maximum absolute atomic E-state index is 12.1. The first-order valence-electron chi connectivity index (χ1n) is 6.79. The number of benzene rings is 1. The zero-order chi connectivity index (χ0) is 13.8. The summed E-state index contributed by atoms with van der Waals surface area (Å²) < 4.78 is 0.969. The molecule has 104 valence electrons. The lowest BCUT2D eigenvalue weighted by molar-refractivity contribution is 0.0940. The highest BCUT2D eigenvalue weighted by atomic mass is 127. The first-order chi connectivity index (χ1) is 9.06. The summed E-state index contributed by atoms with van der Waals surface area (Å²) in [6.07, 6.45) is 5.08. The minimum absolute atomic E-state index is 0.0171. The van der Waals surface area contributed by atoms with Crippen molar-refractivity contribution in [3.05, 3.63) is 32.4 Å². The van der Waals surface area contributed by atoms with Crippen LogP contribution in [0.2, 0.25) is 5.02 Å². The largest absolute Gasteiger partial charge is 0.352 e. The Kier molecular flexibility index (Phi) is 5.51. The van der Waals surface area contributed by atoms with Crippen molar-refractivity contribution in [2.45, 2.75) is 32.6 Å². The molecule has 2 rings (SSSR count). The van der Waals surface area contributed by atoms with Crippen molar-refractivity contribution in [2.24, 2.45) is 11.8 Å². The normalized spacial score (nSPS) is 23.1. The summed E-state index contributed by atoms with van der Waals surface area (Å²) in [6, 6.07) is 5.44. The molecule has 0 bridgehead atoms. The molecule has 1 N–H and O–H groups in total. The van der Waals surface area contributed by atoms with Crippen molar-refractivity contribution < 1.29 is 4.79 Å². The molecule has 1 aromatic carbocycles. The number of halogens is 2. The van der Waals surface area contributed by atoms with E-state index in [2.05, 4.69) is 34.8 Å². The van der Waals surface area contributed by atoms with Crippen LogP contribution in [0.4, 0.5) is 0 Å². The van der Waals surface area contributed by atoms with Gasteiger partial charge in [0.2, 0.25) is 0 Å². The maximum Gasteiger partial charge on any atom is 0.251 e. The zero-order valence-electron chi connectivity index (χ0n) is 11.1. The van der Waals surface area contributed by atoms with Gasteiger partial charge in [0, 0.05) is 15.7 Å². The van der Waals surface area contributed by atoms with Crippen LogP contribution in [0.5, 0.6) is 0 Å². The Balaban J connectivity index is 1.88. The fourth-order valence-electron chi connectivity index (χ4n) is 2.72. The summed E-state index contributed by atoms with van der Waals surface area (Å²) in [5.74, 6) is 1.41. The number of nitrogens with one attached hydrogen (secondary N) is 1. The van der Waals surface area contributed by atoms with E-state index in [9.17, 15) is 4.79 Å². The maximum atomic E-state index is 12.1. The second kappa shape index (κ2) is 6.93. The van der Waals surface area contributed by atoms with Gasteiger partial charge < -0.3 is 5.32 Å². The molecule has 0 radical (unpaired) electrons. The number of amides is 1. The molecule has 0 aliphatic heterocycles. The molecule has 2 atom stereocenters. The van der Waals surface area contributed by atoms with E-state index >= 15 is 0 Å². The summed E-state index contributed by atoms with van der Waals surface area (Å²) in [4.78, 5) is 12.1. The monoisotopic (exact) mass is 391 g/mol. The number of carbonyl (C=O) groups is 1. The molecule has 4 heteroatoms. The van der Waals surface area contributed by atoms with Crippen LogP contribution in [0.25, 0.3) is 0 Å². The van der Waals surface area contributed by atoms with Crippen LogP contribution in [0.15, 0.2) is 18.2 Å². The predicted octanol–water partition coefficient (Wildman–Crippen LogP) is 4.50. The van der Waals surface area contributed by atoms with Crippen molar-refractivity contribution in [2.75, 3.05) is 6.54 Å². The van der Waals surface area contributed by atoms with Crippen molar-refractivity contribution in [1.29, 1.82) is 0 Å². The van der Waals surface area contributed by atoms with Gasteiger partial charge in [0.25, 0.3) is 5.91 Å². The van der Waals surface area contributed by atoms with Gasteiger partial charge in [-0.15, -0.1) is 0 Å². The third-order valence-electron chi connectivity index (χ3n) is 3.78. The van der Waals surface area contributed by atoms with E-state index in [0.717, 1.165) is 16.0 Å². The standard InChI is InChI=1S/C15H19ClINO/c1-10-3-2-4-11(7-10)9-18-15(19)12-5-6-14(17)13(16)8-12/h5-6,8,10-11H,2-4,7,9H2,1H3,(H,18,19). The third-order valence-corrected chi connectivity index (χ3v) is 5.35. The number of hydrogen-bond donors (Lipinski definition) is 1. The third kappa shape index (κ3) is 4.35. The van der Waals surface area contributed by atoms with Crippen LogP contribution in [0.3, 0.4) is 0 Å². The molecule has 1 aromatic rings. The molecule has 0 heterocycles. The molecule has 0 aromatic heterocycles. The van der Waals surface area contributed by atoms with E-state index in [4.69, 9.17) is 11.6 Å². The lowest BCUT2D eigenvalue weighted by Gasteiger charge is -2.26. The minimum Gasteiger partial charge on any atom is -0.352 e. The van der Waals surface area contributed by atoms with Crippen LogP contribution >= 0.6 is 34.2 Å². The molecule has 19 heavy (non-hydrogen) atoms. The summed E-state index contributed by atoms with van der Waals surface area (Å²) in [7, 11) is 0. The SMILES string of the molecule is CC1CCCC(CNC(=O)c2ccc(I)c(Cl)c2)C1. The van der Waals surface area contributed by atoms with Gasteiger partial charge in [-0.05, 0) is 65.5 Å². The average Bonchev–Trinajstić information content (AvgIpc) is 2.39. The Hall–Kier alpha value is -0.290. The highest BCUT2D eigenvalue weighted by Crippen LogP contribution is 2.28. The van der Waals surface area contributed by atoms with Crippen molar-refractivity contribution in [3.8, 4) is 0 Å². The van der Waals surface area contributed by atoms with Gasteiger partial charge in [0.15, 0.2) is 0 Å². The summed E-state index contributed by atoms with van der Waals surface area (Å²) in [5, 5.41) is 3.67. The van der Waals surface area contributed by atoms with Crippen molar-refractivity contribution in [3.63, 3.8) is 0 Å². The number of carbonyl (C=O) groups excluding carboxylic acids is 1. The molecule has 1 amide bonds. The van der Waals surface area contributed by atoms with Crippen LogP contribution in [0.1, 0.15) is 43.0 Å². The van der Waals surface area contributed by atoms with Crippen LogP contribution < -0.4 is 5.32 Å². The van der Waals surface area contributed by atoms with Gasteiger partial charge in [-0.3, -0.25) is 4.79 Å². The lowest BCUT2D eigenvalue weighted by atomic mass is 9.82. The lowest BCUT2D eigenvalue weighted by Crippen LogP contribution is -2.31. The molecule has 2 nitrogen and oxygen atoms in total. The molecular weight excluding hydrogens is 373 g/mol. The Morgan fingerprint density at radius 2 is 2.26 bits per heavy atom. The van der Waals surface area contributed by atoms with E-state index in [0.29, 0.717) is 16.5 Å². The fraction of sp³-hybridized carbons (Fsp3) is 0.533. The fourth-order valence-corrected chi connectivity index (χ4v) is 3.24. The Morgan fingerprint density at radius 3 is 2.95 bits per heavy atom. The van der Waals surface area contributed by atoms with E-state index in [1.165, 1.54) is 25.7 Å². The van der Waals surface area contributed by atoms with Gasteiger partial charge in [0.05, 0.1) is 5.02 Å². The average molecular weight is 392 g/mol. The van der Waals surface area contributed by atoms with Crippen LogP contribution in [-0.2, 0) is 0 Å². The number of rotatable bonds is 3. The summed E-state index contributed by atoms with van der Waals surface area (Å²) in [6.45, 7) is 3.08. The van der Waals surface area contributed by atoms with E-state index < -0.39 is 0 Å². The molecule has 0 spiro atoms. The molecule has 1 fully saturated rings. The van der Waals surface area contributed by atoms with Crippen LogP contribution in [0, 0.1) is 15.4 Å². The Bertz CT molecular complexity index is 463. The van der Waals surface area contributed by atoms with Gasteiger partial charge in [-0.25, -0.2) is 0 Å². The molecule has 0 saturated heterocycles. The first kappa shape index (κ1) is 15.1. The smallest absolute Gasteiger partial charge is 0.251 e.